The zero-order valence-electron chi connectivity index (χ0n) is 12.3. The summed E-state index contributed by atoms with van der Waals surface area (Å²) in [5.74, 6) is 0.201. The lowest BCUT2D eigenvalue weighted by atomic mass is 10.1. The largest absolute Gasteiger partial charge is 0.491 e. The lowest BCUT2D eigenvalue weighted by Crippen LogP contribution is -2.17. The van der Waals surface area contributed by atoms with Crippen LogP contribution in [0.1, 0.15) is 23.2 Å². The molecule has 120 valence electrons. The molecule has 1 aliphatic heterocycles. The van der Waals surface area contributed by atoms with Crippen LogP contribution in [-0.2, 0) is 9.53 Å². The Morgan fingerprint density at radius 1 is 1.39 bits per heavy atom. The quantitative estimate of drug-likeness (QED) is 0.792. The summed E-state index contributed by atoms with van der Waals surface area (Å²) < 4.78 is 11.6. The average molecular weight is 332 g/mol. The Bertz CT molecular complexity index is 793. The van der Waals surface area contributed by atoms with Gasteiger partial charge >= 0.3 is 0 Å². The molecule has 0 spiro atoms. The molecule has 2 aliphatic rings. The van der Waals surface area contributed by atoms with Gasteiger partial charge in [0.1, 0.15) is 23.5 Å². The lowest BCUT2D eigenvalue weighted by Gasteiger charge is -2.04. The van der Waals surface area contributed by atoms with Crippen molar-refractivity contribution in [2.75, 3.05) is 18.5 Å². The summed E-state index contributed by atoms with van der Waals surface area (Å²) in [5, 5.41) is 4.10. The van der Waals surface area contributed by atoms with E-state index in [0.29, 0.717) is 22.9 Å². The van der Waals surface area contributed by atoms with Crippen molar-refractivity contribution in [1.82, 2.24) is 0 Å². The van der Waals surface area contributed by atoms with Crippen LogP contribution >= 0.6 is 11.3 Å². The number of amides is 2. The van der Waals surface area contributed by atoms with Crippen molar-refractivity contribution in [2.45, 2.75) is 18.9 Å². The second-order valence-corrected chi connectivity index (χ2v) is 6.91. The van der Waals surface area contributed by atoms with Gasteiger partial charge < -0.3 is 20.5 Å². The normalized spacial score (nSPS) is 19.6. The molecule has 23 heavy (non-hydrogen) atoms. The van der Waals surface area contributed by atoms with Crippen molar-refractivity contribution in [2.24, 2.45) is 11.7 Å². The third kappa shape index (κ3) is 3.02. The Morgan fingerprint density at radius 2 is 2.17 bits per heavy atom. The van der Waals surface area contributed by atoms with Gasteiger partial charge in [0.15, 0.2) is 0 Å². The third-order valence-corrected chi connectivity index (χ3v) is 5.00. The van der Waals surface area contributed by atoms with E-state index in [4.69, 9.17) is 15.2 Å². The number of thiophene rings is 1. The van der Waals surface area contributed by atoms with Gasteiger partial charge in [0, 0.05) is 16.0 Å². The fraction of sp³-hybridized carbons (Fsp3) is 0.375. The average Bonchev–Trinajstić information content (AvgIpc) is 3.41. The number of ether oxygens (including phenoxy) is 2. The summed E-state index contributed by atoms with van der Waals surface area (Å²) in [5.41, 5.74) is 5.88. The van der Waals surface area contributed by atoms with Crippen molar-refractivity contribution in [1.29, 1.82) is 0 Å². The Morgan fingerprint density at radius 3 is 2.83 bits per heavy atom. The number of epoxide rings is 1. The Kier molecular flexibility index (Phi) is 3.46. The molecule has 1 aromatic heterocycles. The number of nitrogens with two attached hydrogens (primary N) is 1. The number of carbonyl (C=O) groups is 2. The van der Waals surface area contributed by atoms with Crippen LogP contribution in [0.3, 0.4) is 0 Å². The van der Waals surface area contributed by atoms with Crippen LogP contribution in [-0.4, -0.2) is 31.1 Å². The number of hydrogen-bond acceptors (Lipinski definition) is 5. The maximum atomic E-state index is 12.0. The highest BCUT2D eigenvalue weighted by Crippen LogP contribution is 2.39. The fourth-order valence-electron chi connectivity index (χ4n) is 2.41. The summed E-state index contributed by atoms with van der Waals surface area (Å²) in [6.07, 6.45) is 2.00. The van der Waals surface area contributed by atoms with E-state index >= 15 is 0 Å². The summed E-state index contributed by atoms with van der Waals surface area (Å²) in [7, 11) is 0. The van der Waals surface area contributed by atoms with E-state index in [1.807, 2.05) is 12.1 Å². The van der Waals surface area contributed by atoms with Gasteiger partial charge in [-0.2, -0.15) is 0 Å². The van der Waals surface area contributed by atoms with Gasteiger partial charge in [-0.1, -0.05) is 0 Å². The van der Waals surface area contributed by atoms with E-state index in [9.17, 15) is 9.59 Å². The second-order valence-electron chi connectivity index (χ2n) is 5.86. The van der Waals surface area contributed by atoms with Crippen molar-refractivity contribution in [3.8, 4) is 5.75 Å². The molecule has 1 aromatic carbocycles. The number of anilines is 1. The highest BCUT2D eigenvalue weighted by Gasteiger charge is 2.31. The van der Waals surface area contributed by atoms with E-state index in [1.54, 1.807) is 6.07 Å². The number of nitrogens with one attached hydrogen (secondary N) is 1. The number of hydrogen-bond donors (Lipinski definition) is 2. The molecule has 2 aromatic rings. The molecule has 1 atom stereocenters. The molecule has 1 saturated carbocycles. The van der Waals surface area contributed by atoms with Crippen molar-refractivity contribution in [3.05, 3.63) is 23.8 Å². The van der Waals surface area contributed by atoms with Crippen molar-refractivity contribution < 1.29 is 19.1 Å². The second kappa shape index (κ2) is 5.50. The van der Waals surface area contributed by atoms with Gasteiger partial charge in [-0.3, -0.25) is 9.59 Å². The highest BCUT2D eigenvalue weighted by atomic mass is 32.1. The number of carbonyl (C=O) groups excluding carboxylic acids is 2. The van der Waals surface area contributed by atoms with Gasteiger partial charge in [0.05, 0.1) is 12.2 Å². The molecule has 1 aliphatic carbocycles. The molecule has 0 unspecified atom stereocenters. The van der Waals surface area contributed by atoms with Crippen LogP contribution in [0.5, 0.6) is 5.75 Å². The third-order valence-electron chi connectivity index (χ3n) is 3.93. The molecule has 1 saturated heterocycles. The topological polar surface area (TPSA) is 94.0 Å². The van der Waals surface area contributed by atoms with Crippen molar-refractivity contribution in [3.63, 3.8) is 0 Å². The molecule has 0 bridgehead atoms. The number of primary amides is 1. The predicted molar refractivity (Wildman–Crippen MR) is 86.9 cm³/mol. The maximum Gasteiger partial charge on any atom is 0.252 e. The zero-order valence-corrected chi connectivity index (χ0v) is 13.2. The summed E-state index contributed by atoms with van der Waals surface area (Å²) in [4.78, 5) is 23.8. The highest BCUT2D eigenvalue weighted by molar-refractivity contribution is 7.23. The van der Waals surface area contributed by atoms with Crippen LogP contribution < -0.4 is 15.8 Å². The monoisotopic (exact) mass is 332 g/mol. The molecule has 7 heteroatoms. The van der Waals surface area contributed by atoms with Gasteiger partial charge in [0.25, 0.3) is 5.91 Å². The molecule has 2 amide bonds. The number of benzene rings is 1. The Labute approximate surface area is 136 Å². The first-order chi connectivity index (χ1) is 11.1. The van der Waals surface area contributed by atoms with Crippen LogP contribution in [0.25, 0.3) is 10.1 Å². The molecule has 2 fully saturated rings. The minimum Gasteiger partial charge on any atom is -0.491 e. The minimum atomic E-state index is -0.539. The molecule has 6 nitrogen and oxygen atoms in total. The van der Waals surface area contributed by atoms with Crippen LogP contribution in [0.2, 0.25) is 0 Å². The molecule has 2 heterocycles. The predicted octanol–water partition coefficient (Wildman–Crippen LogP) is 2.13. The maximum absolute atomic E-state index is 12.0. The summed E-state index contributed by atoms with van der Waals surface area (Å²) >= 11 is 1.35. The van der Waals surface area contributed by atoms with E-state index in [2.05, 4.69) is 5.32 Å². The molecular formula is C16H16N2O4S. The van der Waals surface area contributed by atoms with Crippen LogP contribution in [0.4, 0.5) is 5.00 Å². The van der Waals surface area contributed by atoms with Crippen LogP contribution in [0, 0.1) is 5.92 Å². The number of rotatable bonds is 6. The first-order valence-electron chi connectivity index (χ1n) is 7.53. The van der Waals surface area contributed by atoms with Gasteiger partial charge in [-0.15, -0.1) is 11.3 Å². The lowest BCUT2D eigenvalue weighted by molar-refractivity contribution is -0.117. The van der Waals surface area contributed by atoms with E-state index in [0.717, 1.165) is 29.5 Å². The molecule has 3 N–H and O–H groups in total. The molecule has 4 rings (SSSR count). The molecular weight excluding hydrogens is 316 g/mol. The summed E-state index contributed by atoms with van der Waals surface area (Å²) in [6.45, 7) is 1.26. The Balaban J connectivity index is 1.64. The first-order valence-corrected chi connectivity index (χ1v) is 8.35. The fourth-order valence-corrected chi connectivity index (χ4v) is 3.55. The van der Waals surface area contributed by atoms with Gasteiger partial charge in [-0.25, -0.2) is 0 Å². The summed E-state index contributed by atoms with van der Waals surface area (Å²) in [6, 6.07) is 5.47. The zero-order chi connectivity index (χ0) is 16.0. The van der Waals surface area contributed by atoms with E-state index < -0.39 is 5.91 Å². The first kappa shape index (κ1) is 14.5. The van der Waals surface area contributed by atoms with E-state index in [-0.39, 0.29) is 17.9 Å². The smallest absolute Gasteiger partial charge is 0.252 e. The van der Waals surface area contributed by atoms with Gasteiger partial charge in [-0.05, 0) is 31.0 Å². The Hall–Kier alpha value is -2.12. The van der Waals surface area contributed by atoms with E-state index in [1.165, 1.54) is 11.3 Å². The minimum absolute atomic E-state index is 0.0404. The standard InChI is InChI=1S/C16H16N2O4S/c17-14(19)13-11-4-3-9(21-6-10-7-22-10)5-12(11)23-16(13)18-15(20)8-1-2-8/h3-5,8,10H,1-2,6-7H2,(H2,17,19)(H,18,20)/t10-/m0/s1. The van der Waals surface area contributed by atoms with Crippen LogP contribution in [0.15, 0.2) is 18.2 Å². The van der Waals surface area contributed by atoms with Gasteiger partial charge in [0.2, 0.25) is 5.91 Å². The molecule has 0 radical (unpaired) electrons. The number of fused-ring (bicyclic) bond motifs is 1. The SMILES string of the molecule is NC(=O)c1c(NC(=O)C2CC2)sc2cc(OC[C@H]3CO3)ccc12. The van der Waals surface area contributed by atoms with Crippen molar-refractivity contribution >= 4 is 38.2 Å².